The van der Waals surface area contributed by atoms with Gasteiger partial charge in [0, 0.05) is 25.0 Å². The fourth-order valence-corrected chi connectivity index (χ4v) is 2.83. The smallest absolute Gasteiger partial charge is 0.252 e. The van der Waals surface area contributed by atoms with E-state index in [1.54, 1.807) is 31.6 Å². The third-order valence-electron chi connectivity index (χ3n) is 4.19. The maximum Gasteiger partial charge on any atom is 0.252 e. The molecule has 1 atom stereocenters. The van der Waals surface area contributed by atoms with E-state index in [1.807, 2.05) is 18.2 Å². The predicted octanol–water partition coefficient (Wildman–Crippen LogP) is 1.76. The molecule has 3 N–H and O–H groups in total. The zero-order valence-corrected chi connectivity index (χ0v) is 12.9. The van der Waals surface area contributed by atoms with Crippen LogP contribution in [-0.4, -0.2) is 34.1 Å². The second-order valence-corrected chi connectivity index (χ2v) is 5.77. The Morgan fingerprint density at radius 3 is 2.74 bits per heavy atom. The normalized spacial score (nSPS) is 21.1. The SMILES string of the molecule is CNc1cc(C(=O)N[C@H](c2ccccn2)C2CC(O)C2)ccn1. The van der Waals surface area contributed by atoms with E-state index in [1.165, 1.54) is 0 Å². The third-order valence-corrected chi connectivity index (χ3v) is 4.19. The highest BCUT2D eigenvalue weighted by Crippen LogP contribution is 2.37. The molecule has 0 aromatic carbocycles. The van der Waals surface area contributed by atoms with Gasteiger partial charge in [-0.2, -0.15) is 0 Å². The highest BCUT2D eigenvalue weighted by Gasteiger charge is 2.36. The first-order valence-electron chi connectivity index (χ1n) is 7.71. The topological polar surface area (TPSA) is 87.1 Å². The second-order valence-electron chi connectivity index (χ2n) is 5.77. The van der Waals surface area contributed by atoms with Gasteiger partial charge in [-0.15, -0.1) is 0 Å². The quantitative estimate of drug-likeness (QED) is 0.783. The van der Waals surface area contributed by atoms with Crippen LogP contribution in [0, 0.1) is 5.92 Å². The molecule has 2 aromatic heterocycles. The third kappa shape index (κ3) is 3.48. The fraction of sp³-hybridized carbons (Fsp3) is 0.353. The van der Waals surface area contributed by atoms with Gasteiger partial charge in [0.05, 0.1) is 17.8 Å². The van der Waals surface area contributed by atoms with Gasteiger partial charge < -0.3 is 15.7 Å². The van der Waals surface area contributed by atoms with Crippen LogP contribution in [0.25, 0.3) is 0 Å². The van der Waals surface area contributed by atoms with Crippen LogP contribution in [0.4, 0.5) is 5.82 Å². The minimum absolute atomic E-state index is 0.166. The predicted molar refractivity (Wildman–Crippen MR) is 87.0 cm³/mol. The van der Waals surface area contributed by atoms with E-state index in [0.717, 1.165) is 5.69 Å². The van der Waals surface area contributed by atoms with Crippen LogP contribution in [-0.2, 0) is 0 Å². The second kappa shape index (κ2) is 6.75. The van der Waals surface area contributed by atoms with Gasteiger partial charge in [-0.3, -0.25) is 9.78 Å². The molecule has 23 heavy (non-hydrogen) atoms. The van der Waals surface area contributed by atoms with Gasteiger partial charge in [0.2, 0.25) is 0 Å². The van der Waals surface area contributed by atoms with Crippen LogP contribution < -0.4 is 10.6 Å². The van der Waals surface area contributed by atoms with E-state index in [2.05, 4.69) is 20.6 Å². The lowest BCUT2D eigenvalue weighted by Crippen LogP contribution is -2.41. The maximum atomic E-state index is 12.6. The Kier molecular flexibility index (Phi) is 4.52. The number of nitrogens with zero attached hydrogens (tertiary/aromatic N) is 2. The Hall–Kier alpha value is -2.47. The number of amides is 1. The van der Waals surface area contributed by atoms with E-state index in [-0.39, 0.29) is 24.0 Å². The van der Waals surface area contributed by atoms with Crippen molar-refractivity contribution in [1.82, 2.24) is 15.3 Å². The summed E-state index contributed by atoms with van der Waals surface area (Å²) in [6.45, 7) is 0. The van der Waals surface area contributed by atoms with Gasteiger partial charge in [-0.05, 0) is 43.0 Å². The maximum absolute atomic E-state index is 12.6. The van der Waals surface area contributed by atoms with Crippen molar-refractivity contribution < 1.29 is 9.90 Å². The Bertz CT molecular complexity index is 671. The van der Waals surface area contributed by atoms with Crippen molar-refractivity contribution in [2.75, 3.05) is 12.4 Å². The number of carbonyl (C=O) groups excluding carboxylic acids is 1. The highest BCUT2D eigenvalue weighted by atomic mass is 16.3. The average Bonchev–Trinajstić information content (AvgIpc) is 2.58. The van der Waals surface area contributed by atoms with Gasteiger partial charge in [0.25, 0.3) is 5.91 Å². The van der Waals surface area contributed by atoms with E-state index in [0.29, 0.717) is 24.2 Å². The van der Waals surface area contributed by atoms with E-state index in [4.69, 9.17) is 0 Å². The standard InChI is InChI=1S/C17H20N4O2/c1-18-15-10-11(5-7-20-15)17(23)21-16(12-8-13(22)9-12)14-4-2-3-6-19-14/h2-7,10,12-13,16,22H,8-9H2,1H3,(H,18,20)(H,21,23)/t12?,13?,16-/m0/s1. The molecular weight excluding hydrogens is 292 g/mol. The molecule has 2 aromatic rings. The molecule has 1 amide bonds. The summed E-state index contributed by atoms with van der Waals surface area (Å²) in [5.41, 5.74) is 1.37. The number of anilines is 1. The molecule has 2 heterocycles. The molecule has 0 unspecified atom stereocenters. The van der Waals surface area contributed by atoms with Crippen LogP contribution in [0.3, 0.4) is 0 Å². The van der Waals surface area contributed by atoms with Gasteiger partial charge >= 0.3 is 0 Å². The summed E-state index contributed by atoms with van der Waals surface area (Å²) < 4.78 is 0. The fourth-order valence-electron chi connectivity index (χ4n) is 2.83. The summed E-state index contributed by atoms with van der Waals surface area (Å²) >= 11 is 0. The summed E-state index contributed by atoms with van der Waals surface area (Å²) in [6.07, 6.45) is 4.40. The van der Waals surface area contributed by atoms with E-state index >= 15 is 0 Å². The monoisotopic (exact) mass is 312 g/mol. The summed E-state index contributed by atoms with van der Waals surface area (Å²) in [6, 6.07) is 8.85. The Labute approximate surface area is 135 Å². The first-order chi connectivity index (χ1) is 11.2. The molecule has 6 nitrogen and oxygen atoms in total. The molecule has 0 aliphatic heterocycles. The van der Waals surface area contributed by atoms with Crippen LogP contribution in [0.1, 0.15) is 34.9 Å². The van der Waals surface area contributed by atoms with Crippen LogP contribution in [0.5, 0.6) is 0 Å². The van der Waals surface area contributed by atoms with Gasteiger partial charge in [0.1, 0.15) is 5.82 Å². The number of nitrogens with one attached hydrogen (secondary N) is 2. The Morgan fingerprint density at radius 1 is 1.26 bits per heavy atom. The number of carbonyl (C=O) groups is 1. The number of pyridine rings is 2. The molecule has 1 aliphatic carbocycles. The Morgan fingerprint density at radius 2 is 2.09 bits per heavy atom. The number of aliphatic hydroxyl groups excluding tert-OH is 1. The number of aliphatic hydroxyl groups is 1. The van der Waals surface area contributed by atoms with Crippen molar-refractivity contribution in [3.8, 4) is 0 Å². The summed E-state index contributed by atoms with van der Waals surface area (Å²) in [5, 5.41) is 15.6. The average molecular weight is 312 g/mol. The highest BCUT2D eigenvalue weighted by molar-refractivity contribution is 5.95. The van der Waals surface area contributed by atoms with Crippen LogP contribution >= 0.6 is 0 Å². The molecule has 0 saturated heterocycles. The van der Waals surface area contributed by atoms with E-state index < -0.39 is 0 Å². The molecule has 1 saturated carbocycles. The minimum atomic E-state index is -0.278. The lowest BCUT2D eigenvalue weighted by molar-refractivity contribution is 0.0228. The number of hydrogen-bond acceptors (Lipinski definition) is 5. The van der Waals surface area contributed by atoms with Gasteiger partial charge in [-0.1, -0.05) is 6.07 Å². The van der Waals surface area contributed by atoms with Crippen molar-refractivity contribution in [2.24, 2.45) is 5.92 Å². The Balaban J connectivity index is 1.79. The summed E-state index contributed by atoms with van der Waals surface area (Å²) in [7, 11) is 1.76. The lowest BCUT2D eigenvalue weighted by atomic mass is 9.76. The van der Waals surface area contributed by atoms with Gasteiger partial charge in [-0.25, -0.2) is 4.98 Å². The molecule has 0 radical (unpaired) electrons. The molecule has 1 fully saturated rings. The minimum Gasteiger partial charge on any atom is -0.393 e. The van der Waals surface area contributed by atoms with Crippen LogP contribution in [0.2, 0.25) is 0 Å². The van der Waals surface area contributed by atoms with Crippen molar-refractivity contribution in [3.63, 3.8) is 0 Å². The zero-order chi connectivity index (χ0) is 16.2. The van der Waals surface area contributed by atoms with E-state index in [9.17, 15) is 9.90 Å². The first-order valence-corrected chi connectivity index (χ1v) is 7.71. The number of rotatable bonds is 5. The van der Waals surface area contributed by atoms with Crippen molar-refractivity contribution in [3.05, 3.63) is 54.0 Å². The summed E-state index contributed by atoms with van der Waals surface area (Å²) in [4.78, 5) is 21.0. The van der Waals surface area contributed by atoms with Crippen molar-refractivity contribution in [1.29, 1.82) is 0 Å². The van der Waals surface area contributed by atoms with Crippen molar-refractivity contribution >= 4 is 11.7 Å². The molecular formula is C17H20N4O2. The molecule has 6 heteroatoms. The van der Waals surface area contributed by atoms with Gasteiger partial charge in [0.15, 0.2) is 0 Å². The molecule has 3 rings (SSSR count). The molecule has 120 valence electrons. The lowest BCUT2D eigenvalue weighted by Gasteiger charge is -2.37. The largest absolute Gasteiger partial charge is 0.393 e. The molecule has 0 bridgehead atoms. The summed E-state index contributed by atoms with van der Waals surface area (Å²) in [5.74, 6) is 0.682. The molecule has 1 aliphatic rings. The number of aromatic nitrogens is 2. The van der Waals surface area contributed by atoms with Crippen LogP contribution in [0.15, 0.2) is 42.7 Å². The first kappa shape index (κ1) is 15.4. The van der Waals surface area contributed by atoms with Crippen molar-refractivity contribution in [2.45, 2.75) is 25.0 Å². The number of hydrogen-bond donors (Lipinski definition) is 3. The zero-order valence-electron chi connectivity index (χ0n) is 12.9. The molecule has 0 spiro atoms.